The molecule has 2 aromatic carbocycles. The van der Waals surface area contributed by atoms with Crippen molar-refractivity contribution in [2.24, 2.45) is 0 Å². The summed E-state index contributed by atoms with van der Waals surface area (Å²) in [4.78, 5) is 25.3. The summed E-state index contributed by atoms with van der Waals surface area (Å²) in [5, 5.41) is 21.2. The summed E-state index contributed by atoms with van der Waals surface area (Å²) in [6, 6.07) is 13.2. The molecule has 146 valence electrons. The summed E-state index contributed by atoms with van der Waals surface area (Å²) in [6.07, 6.45) is 0.805. The minimum Gasteiger partial charge on any atom is -0.469 e. The average Bonchev–Trinajstić information content (AvgIpc) is 2.70. The lowest BCUT2D eigenvalue weighted by Gasteiger charge is -2.22. The Morgan fingerprint density at radius 3 is 2.54 bits per heavy atom. The molecule has 7 nitrogen and oxygen atoms in total. The summed E-state index contributed by atoms with van der Waals surface area (Å²) in [5.74, 6) is -0.286. The summed E-state index contributed by atoms with van der Waals surface area (Å²) >= 11 is 5.99. The highest BCUT2D eigenvalue weighted by atomic mass is 35.5. The number of methoxy groups -OCH3 is 1. The normalized spacial score (nSPS) is 10.1. The van der Waals surface area contributed by atoms with E-state index in [2.05, 4.69) is 10.1 Å². The third-order valence-corrected chi connectivity index (χ3v) is 4.32. The SMILES string of the molecule is COC(=O)CCc1ccc(N(CCO)C(=O)Nc2ccc(C#N)c(Cl)c2)cc1. The topological polar surface area (TPSA) is 103 Å². The van der Waals surface area contributed by atoms with Gasteiger partial charge in [-0.1, -0.05) is 23.7 Å². The number of esters is 1. The molecule has 0 aliphatic heterocycles. The molecule has 0 fully saturated rings. The maximum atomic E-state index is 12.6. The number of carbonyl (C=O) groups excluding carboxylic acids is 2. The number of anilines is 2. The zero-order valence-electron chi connectivity index (χ0n) is 15.3. The maximum absolute atomic E-state index is 12.6. The van der Waals surface area contributed by atoms with Gasteiger partial charge in [0.05, 0.1) is 30.8 Å². The number of aliphatic hydroxyl groups is 1. The standard InChI is InChI=1S/C20H20ClN3O4/c1-28-19(26)9-4-14-2-7-17(8-3-14)24(10-11-25)20(27)23-16-6-5-15(13-22)18(21)12-16/h2-3,5-8,12,25H,4,9-11H2,1H3,(H,23,27). The van der Waals surface area contributed by atoms with Gasteiger partial charge in [0.2, 0.25) is 0 Å². The van der Waals surface area contributed by atoms with Crippen molar-refractivity contribution in [2.75, 3.05) is 30.5 Å². The highest BCUT2D eigenvalue weighted by Gasteiger charge is 2.16. The van der Waals surface area contributed by atoms with Crippen LogP contribution in [-0.2, 0) is 16.0 Å². The van der Waals surface area contributed by atoms with Gasteiger partial charge in [0.25, 0.3) is 0 Å². The van der Waals surface area contributed by atoms with Gasteiger partial charge in [-0.15, -0.1) is 0 Å². The van der Waals surface area contributed by atoms with Gasteiger partial charge in [-0.3, -0.25) is 9.69 Å². The molecule has 28 heavy (non-hydrogen) atoms. The molecular weight excluding hydrogens is 382 g/mol. The van der Waals surface area contributed by atoms with E-state index in [1.165, 1.54) is 24.1 Å². The van der Waals surface area contributed by atoms with Gasteiger partial charge in [0.15, 0.2) is 0 Å². The molecule has 0 saturated heterocycles. The number of carbonyl (C=O) groups is 2. The zero-order valence-corrected chi connectivity index (χ0v) is 16.1. The fraction of sp³-hybridized carbons (Fsp3) is 0.250. The lowest BCUT2D eigenvalue weighted by Crippen LogP contribution is -2.37. The second kappa shape index (κ2) is 10.3. The molecule has 0 aromatic heterocycles. The Kier molecular flexibility index (Phi) is 7.81. The molecule has 0 atom stereocenters. The van der Waals surface area contributed by atoms with Crippen LogP contribution in [0.3, 0.4) is 0 Å². The number of amides is 2. The van der Waals surface area contributed by atoms with Gasteiger partial charge in [-0.2, -0.15) is 5.26 Å². The van der Waals surface area contributed by atoms with Crippen LogP contribution in [0.5, 0.6) is 0 Å². The third-order valence-electron chi connectivity index (χ3n) is 4.00. The zero-order chi connectivity index (χ0) is 20.5. The quantitative estimate of drug-likeness (QED) is 0.692. The number of benzene rings is 2. The molecule has 2 amide bonds. The van der Waals surface area contributed by atoms with E-state index in [1.54, 1.807) is 18.2 Å². The molecule has 2 rings (SSSR count). The van der Waals surface area contributed by atoms with Gasteiger partial charge >= 0.3 is 12.0 Å². The van der Waals surface area contributed by atoms with Gasteiger partial charge in [0, 0.05) is 17.8 Å². The Morgan fingerprint density at radius 2 is 1.96 bits per heavy atom. The fourth-order valence-corrected chi connectivity index (χ4v) is 2.74. The van der Waals surface area contributed by atoms with Crippen molar-refractivity contribution in [3.63, 3.8) is 0 Å². The highest BCUT2D eigenvalue weighted by molar-refractivity contribution is 6.32. The lowest BCUT2D eigenvalue weighted by atomic mass is 10.1. The van der Waals surface area contributed by atoms with E-state index < -0.39 is 6.03 Å². The lowest BCUT2D eigenvalue weighted by molar-refractivity contribution is -0.140. The number of aryl methyl sites for hydroxylation is 1. The number of aliphatic hydroxyl groups excluding tert-OH is 1. The van der Waals surface area contributed by atoms with E-state index >= 15 is 0 Å². The highest BCUT2D eigenvalue weighted by Crippen LogP contribution is 2.22. The first-order chi connectivity index (χ1) is 13.5. The number of hydrogen-bond donors (Lipinski definition) is 2. The molecule has 8 heteroatoms. The van der Waals surface area contributed by atoms with Gasteiger partial charge in [0.1, 0.15) is 6.07 Å². The predicted octanol–water partition coefficient (Wildman–Crippen LogP) is 3.35. The van der Waals surface area contributed by atoms with Crippen molar-refractivity contribution in [3.8, 4) is 6.07 Å². The minimum absolute atomic E-state index is 0.0946. The Morgan fingerprint density at radius 1 is 1.25 bits per heavy atom. The number of hydrogen-bond acceptors (Lipinski definition) is 5. The summed E-state index contributed by atoms with van der Waals surface area (Å²) in [6.45, 7) is -0.122. The maximum Gasteiger partial charge on any atom is 0.326 e. The van der Waals surface area contributed by atoms with Crippen LogP contribution in [0.2, 0.25) is 5.02 Å². The smallest absolute Gasteiger partial charge is 0.326 e. The van der Waals surface area contributed by atoms with Crippen LogP contribution in [0.4, 0.5) is 16.2 Å². The van der Waals surface area contributed by atoms with Gasteiger partial charge in [-0.25, -0.2) is 4.79 Å². The van der Waals surface area contributed by atoms with Gasteiger partial charge < -0.3 is 15.2 Å². The average molecular weight is 402 g/mol. The number of halogens is 1. The molecule has 0 saturated carbocycles. The number of urea groups is 1. The molecule has 0 unspecified atom stereocenters. The van der Waals surface area contributed by atoms with E-state index in [0.29, 0.717) is 23.4 Å². The van der Waals surface area contributed by atoms with Crippen LogP contribution in [0.1, 0.15) is 17.5 Å². The monoisotopic (exact) mass is 401 g/mol. The summed E-state index contributed by atoms with van der Waals surface area (Å²) < 4.78 is 4.62. The van der Waals surface area contributed by atoms with E-state index in [9.17, 15) is 14.7 Å². The first-order valence-corrected chi connectivity index (χ1v) is 8.91. The van der Waals surface area contributed by atoms with E-state index in [4.69, 9.17) is 16.9 Å². The van der Waals surface area contributed by atoms with Crippen LogP contribution in [0, 0.1) is 11.3 Å². The fourth-order valence-electron chi connectivity index (χ4n) is 2.51. The molecule has 0 bridgehead atoms. The first kappa shape index (κ1) is 21.2. The van der Waals surface area contributed by atoms with E-state index in [0.717, 1.165) is 5.56 Å². The first-order valence-electron chi connectivity index (χ1n) is 8.53. The van der Waals surface area contributed by atoms with Crippen LogP contribution in [-0.4, -0.2) is 37.4 Å². The Labute approximate surface area is 168 Å². The summed E-state index contributed by atoms with van der Waals surface area (Å²) in [7, 11) is 1.35. The Hall–Kier alpha value is -3.08. The van der Waals surface area contributed by atoms with Crippen molar-refractivity contribution in [3.05, 3.63) is 58.6 Å². The molecule has 2 N–H and O–H groups in total. The Balaban J connectivity index is 2.11. The number of nitrogens with zero attached hydrogens (tertiary/aromatic N) is 2. The van der Waals surface area contributed by atoms with Crippen molar-refractivity contribution >= 4 is 35.0 Å². The van der Waals surface area contributed by atoms with Crippen molar-refractivity contribution in [2.45, 2.75) is 12.8 Å². The van der Waals surface area contributed by atoms with Gasteiger partial charge in [-0.05, 0) is 42.3 Å². The molecule has 0 heterocycles. The molecule has 0 aliphatic rings. The van der Waals surface area contributed by atoms with Crippen LogP contribution < -0.4 is 10.2 Å². The minimum atomic E-state index is -0.447. The second-order valence-corrected chi connectivity index (χ2v) is 6.26. The number of nitriles is 1. The molecule has 2 aromatic rings. The second-order valence-electron chi connectivity index (χ2n) is 5.85. The number of ether oxygens (including phenoxy) is 1. The third kappa shape index (κ3) is 5.71. The van der Waals surface area contributed by atoms with Crippen molar-refractivity contribution in [1.82, 2.24) is 0 Å². The molecule has 0 radical (unpaired) electrons. The largest absolute Gasteiger partial charge is 0.469 e. The number of rotatable bonds is 7. The molecule has 0 spiro atoms. The number of nitrogens with one attached hydrogen (secondary N) is 1. The van der Waals surface area contributed by atoms with Crippen LogP contribution >= 0.6 is 11.6 Å². The van der Waals surface area contributed by atoms with E-state index in [1.807, 2.05) is 18.2 Å². The Bertz CT molecular complexity index is 878. The predicted molar refractivity (Wildman–Crippen MR) is 106 cm³/mol. The van der Waals surface area contributed by atoms with Crippen molar-refractivity contribution in [1.29, 1.82) is 5.26 Å². The summed E-state index contributed by atoms with van der Waals surface area (Å²) in [5.41, 5.74) is 2.27. The van der Waals surface area contributed by atoms with Crippen LogP contribution in [0.15, 0.2) is 42.5 Å². The van der Waals surface area contributed by atoms with E-state index in [-0.39, 0.29) is 30.6 Å². The molecule has 0 aliphatic carbocycles. The van der Waals surface area contributed by atoms with Crippen molar-refractivity contribution < 1.29 is 19.4 Å². The van der Waals surface area contributed by atoms with Crippen LogP contribution in [0.25, 0.3) is 0 Å². The molecular formula is C20H20ClN3O4.